The lowest BCUT2D eigenvalue weighted by Crippen LogP contribution is -2.35. The molecule has 98 valence electrons. The average molecular weight is 254 g/mol. The second-order valence-corrected chi connectivity index (χ2v) is 4.54. The molecule has 5 heteroatoms. The Morgan fingerprint density at radius 2 is 2.33 bits per heavy atom. The Bertz CT molecular complexity index is 448. The van der Waals surface area contributed by atoms with Crippen LogP contribution in [0.2, 0.25) is 0 Å². The molecule has 0 aromatic heterocycles. The number of amides is 1. The standard InChI is InChI=1S/C13H16F2N2O/c1-2-9-4-3-5-10(6-9)17-12(18)11-7-13(14,15)8-16-11/h3-6,11,16H,2,7-8H2,1H3,(H,17,18). The summed E-state index contributed by atoms with van der Waals surface area (Å²) in [6.07, 6.45) is 0.426. The predicted octanol–water partition coefficient (Wildman–Crippen LogP) is 2.18. The summed E-state index contributed by atoms with van der Waals surface area (Å²) < 4.78 is 25.9. The smallest absolute Gasteiger partial charge is 0.262 e. The summed E-state index contributed by atoms with van der Waals surface area (Å²) in [5.41, 5.74) is 1.74. The van der Waals surface area contributed by atoms with Crippen molar-refractivity contribution in [2.45, 2.75) is 31.7 Å². The summed E-state index contributed by atoms with van der Waals surface area (Å²) in [5, 5.41) is 5.20. The minimum Gasteiger partial charge on any atom is -0.325 e. The van der Waals surface area contributed by atoms with Gasteiger partial charge in [0.1, 0.15) is 0 Å². The van der Waals surface area contributed by atoms with Crippen LogP contribution in [0.1, 0.15) is 18.9 Å². The van der Waals surface area contributed by atoms with Gasteiger partial charge >= 0.3 is 0 Å². The van der Waals surface area contributed by atoms with Gasteiger partial charge in [0.05, 0.1) is 12.6 Å². The number of carbonyl (C=O) groups is 1. The van der Waals surface area contributed by atoms with Crippen molar-refractivity contribution in [1.82, 2.24) is 5.32 Å². The maximum absolute atomic E-state index is 13.0. The van der Waals surface area contributed by atoms with Crippen molar-refractivity contribution >= 4 is 11.6 Å². The highest BCUT2D eigenvalue weighted by Crippen LogP contribution is 2.25. The molecule has 0 saturated carbocycles. The largest absolute Gasteiger partial charge is 0.325 e. The number of aryl methyl sites for hydroxylation is 1. The molecule has 3 nitrogen and oxygen atoms in total. The van der Waals surface area contributed by atoms with Crippen LogP contribution >= 0.6 is 0 Å². The Labute approximate surface area is 105 Å². The van der Waals surface area contributed by atoms with E-state index in [2.05, 4.69) is 10.6 Å². The van der Waals surface area contributed by atoms with Crippen LogP contribution < -0.4 is 10.6 Å². The van der Waals surface area contributed by atoms with Gasteiger partial charge in [-0.15, -0.1) is 0 Å². The van der Waals surface area contributed by atoms with Gasteiger partial charge < -0.3 is 5.32 Å². The Morgan fingerprint density at radius 3 is 2.94 bits per heavy atom. The van der Waals surface area contributed by atoms with Crippen LogP contribution in [0.25, 0.3) is 0 Å². The summed E-state index contributed by atoms with van der Waals surface area (Å²) >= 11 is 0. The van der Waals surface area contributed by atoms with Crippen molar-refractivity contribution in [2.24, 2.45) is 0 Å². The molecule has 1 aromatic carbocycles. The number of hydrogen-bond acceptors (Lipinski definition) is 2. The van der Waals surface area contributed by atoms with Crippen LogP contribution in [0.4, 0.5) is 14.5 Å². The predicted molar refractivity (Wildman–Crippen MR) is 65.8 cm³/mol. The maximum Gasteiger partial charge on any atom is 0.262 e. The fourth-order valence-electron chi connectivity index (χ4n) is 2.00. The van der Waals surface area contributed by atoms with E-state index in [1.54, 1.807) is 6.07 Å². The molecule has 2 N–H and O–H groups in total. The lowest BCUT2D eigenvalue weighted by atomic mass is 10.1. The minimum absolute atomic E-state index is 0.402. The van der Waals surface area contributed by atoms with Crippen molar-refractivity contribution in [3.8, 4) is 0 Å². The first-order valence-electron chi connectivity index (χ1n) is 6.01. The van der Waals surface area contributed by atoms with E-state index >= 15 is 0 Å². The van der Waals surface area contributed by atoms with Crippen LogP contribution in [0.3, 0.4) is 0 Å². The third kappa shape index (κ3) is 3.04. The third-order valence-corrected chi connectivity index (χ3v) is 3.03. The van der Waals surface area contributed by atoms with Gasteiger partial charge in [-0.1, -0.05) is 19.1 Å². The molecule has 1 unspecified atom stereocenters. The molecule has 1 atom stereocenters. The second-order valence-electron chi connectivity index (χ2n) is 4.54. The number of benzene rings is 1. The normalized spacial score (nSPS) is 21.8. The molecule has 0 bridgehead atoms. The lowest BCUT2D eigenvalue weighted by Gasteiger charge is -2.11. The zero-order valence-corrected chi connectivity index (χ0v) is 10.2. The molecular weight excluding hydrogens is 238 g/mol. The van der Waals surface area contributed by atoms with E-state index in [0.717, 1.165) is 12.0 Å². The first-order chi connectivity index (χ1) is 8.50. The third-order valence-electron chi connectivity index (χ3n) is 3.03. The topological polar surface area (TPSA) is 41.1 Å². The number of halogens is 2. The second kappa shape index (κ2) is 5.02. The Morgan fingerprint density at radius 1 is 1.56 bits per heavy atom. The first kappa shape index (κ1) is 13.0. The van der Waals surface area contributed by atoms with Crippen LogP contribution in [0.15, 0.2) is 24.3 Å². The highest BCUT2D eigenvalue weighted by molar-refractivity contribution is 5.95. The van der Waals surface area contributed by atoms with Crippen LogP contribution in [0.5, 0.6) is 0 Å². The molecule has 0 aliphatic carbocycles. The van der Waals surface area contributed by atoms with Crippen molar-refractivity contribution in [1.29, 1.82) is 0 Å². The van der Waals surface area contributed by atoms with E-state index in [1.807, 2.05) is 25.1 Å². The molecule has 1 fully saturated rings. The van der Waals surface area contributed by atoms with E-state index in [1.165, 1.54) is 0 Å². The highest BCUT2D eigenvalue weighted by atomic mass is 19.3. The molecule has 2 rings (SSSR count). The minimum atomic E-state index is -2.78. The number of nitrogens with one attached hydrogen (secondary N) is 2. The Kier molecular flexibility index (Phi) is 3.61. The van der Waals surface area contributed by atoms with E-state index in [4.69, 9.17) is 0 Å². The number of anilines is 1. The quantitative estimate of drug-likeness (QED) is 0.868. The van der Waals surface area contributed by atoms with Crippen molar-refractivity contribution in [2.75, 3.05) is 11.9 Å². The van der Waals surface area contributed by atoms with Gasteiger partial charge in [-0.3, -0.25) is 10.1 Å². The molecule has 0 spiro atoms. The monoisotopic (exact) mass is 254 g/mol. The Hall–Kier alpha value is -1.49. The van der Waals surface area contributed by atoms with Gasteiger partial charge in [-0.05, 0) is 24.1 Å². The van der Waals surface area contributed by atoms with Gasteiger partial charge in [0, 0.05) is 12.1 Å². The molecule has 1 aliphatic heterocycles. The van der Waals surface area contributed by atoms with Crippen molar-refractivity contribution < 1.29 is 13.6 Å². The van der Waals surface area contributed by atoms with Crippen LogP contribution in [-0.4, -0.2) is 24.4 Å². The average Bonchev–Trinajstić information content (AvgIpc) is 2.70. The molecule has 0 radical (unpaired) electrons. The van der Waals surface area contributed by atoms with Gasteiger partial charge in [0.25, 0.3) is 5.92 Å². The number of rotatable bonds is 3. The number of carbonyl (C=O) groups excluding carboxylic acids is 1. The van der Waals surface area contributed by atoms with E-state index in [0.29, 0.717) is 5.69 Å². The van der Waals surface area contributed by atoms with E-state index < -0.39 is 30.8 Å². The highest BCUT2D eigenvalue weighted by Gasteiger charge is 2.42. The van der Waals surface area contributed by atoms with Gasteiger partial charge in [0.15, 0.2) is 0 Å². The summed E-state index contributed by atoms with van der Waals surface area (Å²) in [5.74, 6) is -3.19. The molecule has 18 heavy (non-hydrogen) atoms. The SMILES string of the molecule is CCc1cccc(NC(=O)C2CC(F)(F)CN2)c1. The van der Waals surface area contributed by atoms with E-state index in [9.17, 15) is 13.6 Å². The van der Waals surface area contributed by atoms with Crippen molar-refractivity contribution in [3.63, 3.8) is 0 Å². The fourth-order valence-corrected chi connectivity index (χ4v) is 2.00. The number of hydrogen-bond donors (Lipinski definition) is 2. The maximum atomic E-state index is 13.0. The van der Waals surface area contributed by atoms with Crippen LogP contribution in [-0.2, 0) is 11.2 Å². The summed E-state index contributed by atoms with van der Waals surface area (Å²) in [7, 11) is 0. The molecular formula is C13H16F2N2O. The molecule has 1 saturated heterocycles. The van der Waals surface area contributed by atoms with Gasteiger partial charge in [-0.25, -0.2) is 8.78 Å². The van der Waals surface area contributed by atoms with Crippen LogP contribution in [0, 0.1) is 0 Å². The van der Waals surface area contributed by atoms with Gasteiger partial charge in [-0.2, -0.15) is 0 Å². The zero-order valence-electron chi connectivity index (χ0n) is 10.2. The van der Waals surface area contributed by atoms with Crippen molar-refractivity contribution in [3.05, 3.63) is 29.8 Å². The molecule has 1 heterocycles. The molecule has 1 amide bonds. The fraction of sp³-hybridized carbons (Fsp3) is 0.462. The molecule has 1 aromatic rings. The first-order valence-corrected chi connectivity index (χ1v) is 6.01. The summed E-state index contributed by atoms with van der Waals surface area (Å²) in [4.78, 5) is 11.8. The number of alkyl halides is 2. The zero-order chi connectivity index (χ0) is 13.2. The molecule has 1 aliphatic rings. The Balaban J connectivity index is 1.99. The van der Waals surface area contributed by atoms with E-state index in [-0.39, 0.29) is 0 Å². The summed E-state index contributed by atoms with van der Waals surface area (Å²) in [6.45, 7) is 1.58. The lowest BCUT2D eigenvalue weighted by molar-refractivity contribution is -0.118. The summed E-state index contributed by atoms with van der Waals surface area (Å²) in [6, 6.07) is 6.59. The van der Waals surface area contributed by atoms with Gasteiger partial charge in [0.2, 0.25) is 5.91 Å².